The molecule has 1 heterocycles. The van der Waals surface area contributed by atoms with Crippen molar-refractivity contribution in [2.75, 3.05) is 12.4 Å². The van der Waals surface area contributed by atoms with Gasteiger partial charge in [-0.2, -0.15) is 0 Å². The molecule has 1 amide bonds. The van der Waals surface area contributed by atoms with Gasteiger partial charge in [-0.15, -0.1) is 0 Å². The number of pyridine rings is 1. The van der Waals surface area contributed by atoms with Gasteiger partial charge >= 0.3 is 0 Å². The maximum absolute atomic E-state index is 12.5. The monoisotopic (exact) mass is 326 g/mol. The number of benzene rings is 1. The van der Waals surface area contributed by atoms with Gasteiger partial charge in [-0.1, -0.05) is 19.1 Å². The van der Waals surface area contributed by atoms with Crippen LogP contribution in [0.15, 0.2) is 35.1 Å². The third kappa shape index (κ3) is 2.95. The summed E-state index contributed by atoms with van der Waals surface area (Å²) in [5.74, 6) is 0.0559. The number of fused-ring (bicyclic) bond motifs is 1. The van der Waals surface area contributed by atoms with Gasteiger partial charge in [-0.25, -0.2) is 0 Å². The number of ether oxygens (including phenoxy) is 1. The molecule has 6 heteroatoms. The largest absolute Gasteiger partial charge is 0.495 e. The molecule has 0 spiro atoms. The smallest absolute Gasteiger partial charge is 0.261 e. The molecular formula is C18H18N2O4. The molecule has 2 N–H and O–H groups in total. The number of aromatic nitrogens is 1. The first-order valence-electron chi connectivity index (χ1n) is 7.73. The van der Waals surface area contributed by atoms with Gasteiger partial charge in [0.05, 0.1) is 12.8 Å². The van der Waals surface area contributed by atoms with Crippen LogP contribution in [0.25, 0.3) is 0 Å². The number of carbonyl (C=O) groups is 2. The zero-order valence-electron chi connectivity index (χ0n) is 13.5. The molecule has 0 saturated carbocycles. The van der Waals surface area contributed by atoms with Gasteiger partial charge in [-0.3, -0.25) is 14.4 Å². The number of aromatic amines is 1. The van der Waals surface area contributed by atoms with Crippen LogP contribution in [0.4, 0.5) is 5.69 Å². The van der Waals surface area contributed by atoms with Gasteiger partial charge < -0.3 is 15.0 Å². The van der Waals surface area contributed by atoms with Crippen LogP contribution in [0.1, 0.15) is 39.8 Å². The van der Waals surface area contributed by atoms with Gasteiger partial charge in [0.2, 0.25) is 0 Å². The zero-order valence-corrected chi connectivity index (χ0v) is 13.5. The Balaban J connectivity index is 1.95. The molecule has 1 aromatic heterocycles. The average Bonchev–Trinajstić information content (AvgIpc) is 2.54. The Hall–Kier alpha value is -2.89. The van der Waals surface area contributed by atoms with Crippen LogP contribution in [0.3, 0.4) is 0 Å². The molecule has 3 rings (SSSR count). The molecule has 0 radical (unpaired) electrons. The van der Waals surface area contributed by atoms with Crippen LogP contribution >= 0.6 is 0 Å². The number of Topliss-reactive ketones (excluding diaryl/α,β-unsaturated/α-hetero) is 1. The van der Waals surface area contributed by atoms with Crippen LogP contribution in [0.2, 0.25) is 0 Å². The minimum atomic E-state index is -0.574. The SMILES string of the molecule is COc1ccccc1NC(=O)c1cc2c([nH]c1=O)C[C@H](C)CC2=O. The predicted octanol–water partition coefficient (Wildman–Crippen LogP) is 2.40. The molecule has 0 unspecified atom stereocenters. The molecule has 1 aliphatic rings. The second-order valence-electron chi connectivity index (χ2n) is 6.00. The van der Waals surface area contributed by atoms with E-state index in [2.05, 4.69) is 10.3 Å². The van der Waals surface area contributed by atoms with Crippen molar-refractivity contribution in [2.45, 2.75) is 19.8 Å². The lowest BCUT2D eigenvalue weighted by atomic mass is 9.86. The average molecular weight is 326 g/mol. The Bertz CT molecular complexity index is 870. The van der Waals surface area contributed by atoms with Crippen LogP contribution in [0, 0.1) is 5.92 Å². The summed E-state index contributed by atoms with van der Waals surface area (Å²) in [4.78, 5) is 39.5. The highest BCUT2D eigenvalue weighted by Crippen LogP contribution is 2.25. The highest BCUT2D eigenvalue weighted by atomic mass is 16.5. The summed E-state index contributed by atoms with van der Waals surface area (Å²) in [5, 5.41) is 2.65. The number of nitrogens with one attached hydrogen (secondary N) is 2. The van der Waals surface area contributed by atoms with Crippen LogP contribution < -0.4 is 15.6 Å². The summed E-state index contributed by atoms with van der Waals surface area (Å²) >= 11 is 0. The second-order valence-corrected chi connectivity index (χ2v) is 6.00. The van der Waals surface area contributed by atoms with Crippen molar-refractivity contribution in [3.05, 3.63) is 57.5 Å². The van der Waals surface area contributed by atoms with Crippen LogP contribution in [0.5, 0.6) is 5.75 Å². The normalized spacial score (nSPS) is 16.4. The van der Waals surface area contributed by atoms with Crippen molar-refractivity contribution in [3.63, 3.8) is 0 Å². The number of H-pyrrole nitrogens is 1. The Kier molecular flexibility index (Phi) is 4.20. The minimum Gasteiger partial charge on any atom is -0.495 e. The first kappa shape index (κ1) is 16.0. The quantitative estimate of drug-likeness (QED) is 0.906. The van der Waals surface area contributed by atoms with E-state index in [0.29, 0.717) is 35.5 Å². The van der Waals surface area contributed by atoms with E-state index < -0.39 is 11.5 Å². The second kappa shape index (κ2) is 6.31. The molecule has 0 aliphatic heterocycles. The number of para-hydroxylation sites is 2. The maximum atomic E-state index is 12.5. The topological polar surface area (TPSA) is 88.3 Å². The first-order chi connectivity index (χ1) is 11.5. The Morgan fingerprint density at radius 3 is 2.75 bits per heavy atom. The molecule has 1 aromatic carbocycles. The number of carbonyl (C=O) groups excluding carboxylic acids is 2. The number of amides is 1. The molecule has 24 heavy (non-hydrogen) atoms. The number of hydrogen-bond donors (Lipinski definition) is 2. The number of ketones is 1. The summed E-state index contributed by atoms with van der Waals surface area (Å²) < 4.78 is 5.18. The van der Waals surface area contributed by atoms with Gasteiger partial charge in [0.15, 0.2) is 5.78 Å². The highest BCUT2D eigenvalue weighted by molar-refractivity contribution is 6.07. The molecule has 0 saturated heterocycles. The Morgan fingerprint density at radius 2 is 2.00 bits per heavy atom. The Morgan fingerprint density at radius 1 is 1.25 bits per heavy atom. The van der Waals surface area contributed by atoms with E-state index in [0.717, 1.165) is 0 Å². The molecule has 1 atom stereocenters. The van der Waals surface area contributed by atoms with Gasteiger partial charge in [0.25, 0.3) is 11.5 Å². The molecule has 0 bridgehead atoms. The van der Waals surface area contributed by atoms with E-state index in [4.69, 9.17) is 4.74 Å². The van der Waals surface area contributed by atoms with E-state index in [1.54, 1.807) is 24.3 Å². The van der Waals surface area contributed by atoms with E-state index in [9.17, 15) is 14.4 Å². The molecule has 1 aliphatic carbocycles. The standard InChI is InChI=1S/C18H18N2O4/c1-10-7-14-11(15(21)8-10)9-12(18(23)20-14)17(22)19-13-5-3-4-6-16(13)24-2/h3-6,9-10H,7-8H2,1-2H3,(H,19,22)(H,20,23)/t10-/m0/s1. The maximum Gasteiger partial charge on any atom is 0.261 e. The highest BCUT2D eigenvalue weighted by Gasteiger charge is 2.25. The van der Waals surface area contributed by atoms with Crippen molar-refractivity contribution < 1.29 is 14.3 Å². The third-order valence-electron chi connectivity index (χ3n) is 4.11. The van der Waals surface area contributed by atoms with Gasteiger partial charge in [0.1, 0.15) is 11.3 Å². The number of rotatable bonds is 3. The van der Waals surface area contributed by atoms with Gasteiger partial charge in [-0.05, 0) is 30.5 Å². The number of anilines is 1. The van der Waals surface area contributed by atoms with Crippen molar-refractivity contribution >= 4 is 17.4 Å². The molecule has 124 valence electrons. The van der Waals surface area contributed by atoms with Crippen molar-refractivity contribution in [2.24, 2.45) is 5.92 Å². The van der Waals surface area contributed by atoms with E-state index in [-0.39, 0.29) is 17.3 Å². The summed E-state index contributed by atoms with van der Waals surface area (Å²) in [6, 6.07) is 8.31. The van der Waals surface area contributed by atoms with Gasteiger partial charge in [0, 0.05) is 17.7 Å². The molecule has 2 aromatic rings. The molecule has 0 fully saturated rings. The molecule has 6 nitrogen and oxygen atoms in total. The van der Waals surface area contributed by atoms with Crippen LogP contribution in [-0.2, 0) is 6.42 Å². The lowest BCUT2D eigenvalue weighted by Gasteiger charge is -2.20. The fourth-order valence-corrected chi connectivity index (χ4v) is 2.93. The van der Waals surface area contributed by atoms with E-state index >= 15 is 0 Å². The van der Waals surface area contributed by atoms with Crippen molar-refractivity contribution in [1.29, 1.82) is 0 Å². The van der Waals surface area contributed by atoms with E-state index in [1.807, 2.05) is 6.92 Å². The first-order valence-corrected chi connectivity index (χ1v) is 7.73. The summed E-state index contributed by atoms with van der Waals surface area (Å²) in [6.07, 6.45) is 1.05. The van der Waals surface area contributed by atoms with Crippen molar-refractivity contribution in [3.8, 4) is 5.75 Å². The van der Waals surface area contributed by atoms with Crippen molar-refractivity contribution in [1.82, 2.24) is 4.98 Å². The third-order valence-corrected chi connectivity index (χ3v) is 4.11. The van der Waals surface area contributed by atoms with E-state index in [1.165, 1.54) is 13.2 Å². The summed E-state index contributed by atoms with van der Waals surface area (Å²) in [5.41, 5.74) is 0.920. The number of hydrogen-bond acceptors (Lipinski definition) is 4. The Labute approximate surface area is 138 Å². The lowest BCUT2D eigenvalue weighted by Crippen LogP contribution is -2.29. The number of methoxy groups -OCH3 is 1. The summed E-state index contributed by atoms with van der Waals surface area (Å²) in [7, 11) is 1.50. The van der Waals surface area contributed by atoms with Crippen LogP contribution in [-0.4, -0.2) is 23.8 Å². The zero-order chi connectivity index (χ0) is 17.3. The molecular weight excluding hydrogens is 308 g/mol. The predicted molar refractivity (Wildman–Crippen MR) is 89.8 cm³/mol. The fraction of sp³-hybridized carbons (Fsp3) is 0.278. The fourth-order valence-electron chi connectivity index (χ4n) is 2.93. The summed E-state index contributed by atoms with van der Waals surface area (Å²) in [6.45, 7) is 1.96. The lowest BCUT2D eigenvalue weighted by molar-refractivity contribution is 0.0952. The minimum absolute atomic E-state index is 0.0497.